The van der Waals surface area contributed by atoms with Gasteiger partial charge in [-0.2, -0.15) is 0 Å². The number of nitrogens with zero attached hydrogens (tertiary/aromatic N) is 5. The molecule has 0 fully saturated rings. The molecule has 2 amide bonds. The number of carbonyl (C=O) groups excluding carboxylic acids is 2. The summed E-state index contributed by atoms with van der Waals surface area (Å²) in [6, 6.07) is 14.6. The third-order valence-electron chi connectivity index (χ3n) is 4.99. The molecule has 1 aromatic heterocycles. The van der Waals surface area contributed by atoms with Gasteiger partial charge in [0.1, 0.15) is 6.04 Å². The van der Waals surface area contributed by atoms with E-state index < -0.39 is 17.6 Å². The van der Waals surface area contributed by atoms with E-state index >= 15 is 0 Å². The van der Waals surface area contributed by atoms with Gasteiger partial charge in [0.2, 0.25) is 5.91 Å². The maximum Gasteiger partial charge on any atom is 0.253 e. The normalized spacial score (nSPS) is 17.2. The minimum atomic E-state index is -0.861. The van der Waals surface area contributed by atoms with Crippen LogP contribution in [0.1, 0.15) is 49.8 Å². The number of hydrogen-bond acceptors (Lipinski definition) is 5. The van der Waals surface area contributed by atoms with Crippen molar-refractivity contribution in [1.82, 2.24) is 30.4 Å². The number of nitrogens with one attached hydrogen (secondary N) is 1. The topological polar surface area (TPSA) is 93.0 Å². The monoisotopic (exact) mass is 438 g/mol. The molecule has 0 aliphatic carbocycles. The number of hydrogen-bond donors (Lipinski definition) is 1. The molecule has 31 heavy (non-hydrogen) atoms. The summed E-state index contributed by atoms with van der Waals surface area (Å²) in [6.45, 7) is 5.81. The molecule has 1 N–H and O–H groups in total. The van der Waals surface area contributed by atoms with E-state index in [1.54, 1.807) is 24.3 Å². The molecule has 8 nitrogen and oxygen atoms in total. The maximum absolute atomic E-state index is 13.7. The molecule has 160 valence electrons. The molecule has 0 saturated carbocycles. The summed E-state index contributed by atoms with van der Waals surface area (Å²) < 4.78 is 1.52. The van der Waals surface area contributed by atoms with E-state index in [9.17, 15) is 9.59 Å². The van der Waals surface area contributed by atoms with Crippen molar-refractivity contribution in [2.75, 3.05) is 0 Å². The quantitative estimate of drug-likeness (QED) is 0.676. The van der Waals surface area contributed by atoms with Crippen LogP contribution in [0.4, 0.5) is 0 Å². The van der Waals surface area contributed by atoms with Crippen LogP contribution in [0.5, 0.6) is 0 Å². The van der Waals surface area contributed by atoms with Gasteiger partial charge in [-0.1, -0.05) is 54.1 Å². The SMILES string of the molecule is CC(C)(C)NC(=O)C(c1ccc(Cl)cc1)N1Cc2nnnn2C(c2ccccc2)C1=O. The van der Waals surface area contributed by atoms with Crippen molar-refractivity contribution in [2.45, 2.75) is 44.9 Å². The number of carbonyl (C=O) groups is 2. The van der Waals surface area contributed by atoms with Gasteiger partial charge in [0.15, 0.2) is 11.9 Å². The standard InChI is InChI=1S/C22H23ClN6O2/c1-22(2,3)24-20(30)18(15-9-11-16(23)12-10-15)28-13-17-25-26-27-29(17)19(21(28)31)14-7-5-4-6-8-14/h4-12,18-19H,13H2,1-3H3,(H,24,30). The Labute approximate surface area is 185 Å². The Morgan fingerprint density at radius 1 is 1.13 bits per heavy atom. The molecule has 2 unspecified atom stereocenters. The molecule has 0 radical (unpaired) electrons. The molecule has 1 aliphatic heterocycles. The van der Waals surface area contributed by atoms with Gasteiger partial charge < -0.3 is 10.2 Å². The smallest absolute Gasteiger partial charge is 0.253 e. The van der Waals surface area contributed by atoms with Crippen molar-refractivity contribution in [2.24, 2.45) is 0 Å². The number of amides is 2. The molecule has 2 atom stereocenters. The van der Waals surface area contributed by atoms with Gasteiger partial charge in [-0.3, -0.25) is 9.59 Å². The summed E-state index contributed by atoms with van der Waals surface area (Å²) in [4.78, 5) is 28.7. The van der Waals surface area contributed by atoms with Gasteiger partial charge in [-0.05, 0) is 54.5 Å². The van der Waals surface area contributed by atoms with E-state index in [4.69, 9.17) is 11.6 Å². The van der Waals surface area contributed by atoms with E-state index in [0.29, 0.717) is 16.4 Å². The third kappa shape index (κ3) is 4.29. The first kappa shape index (κ1) is 21.0. The number of tetrazole rings is 1. The highest BCUT2D eigenvalue weighted by atomic mass is 35.5. The molecule has 4 rings (SSSR count). The summed E-state index contributed by atoms with van der Waals surface area (Å²) in [5, 5.41) is 15.4. The lowest BCUT2D eigenvalue weighted by molar-refractivity contribution is -0.146. The Hall–Kier alpha value is -3.26. The molecule has 3 aromatic rings. The number of halogens is 1. The molecule has 0 spiro atoms. The molecule has 9 heteroatoms. The zero-order chi connectivity index (χ0) is 22.2. The van der Waals surface area contributed by atoms with Crippen LogP contribution >= 0.6 is 11.6 Å². The Morgan fingerprint density at radius 2 is 1.81 bits per heavy atom. The van der Waals surface area contributed by atoms with Gasteiger partial charge in [-0.25, -0.2) is 4.68 Å². The van der Waals surface area contributed by atoms with Crippen molar-refractivity contribution in [3.63, 3.8) is 0 Å². The molecular formula is C22H23ClN6O2. The number of aromatic nitrogens is 4. The molecule has 2 heterocycles. The first-order valence-electron chi connectivity index (χ1n) is 9.94. The van der Waals surface area contributed by atoms with Crippen molar-refractivity contribution >= 4 is 23.4 Å². The van der Waals surface area contributed by atoms with E-state index in [1.807, 2.05) is 51.1 Å². The lowest BCUT2D eigenvalue weighted by Gasteiger charge is -2.38. The average Bonchev–Trinajstić information content (AvgIpc) is 3.17. The van der Waals surface area contributed by atoms with Gasteiger partial charge >= 0.3 is 0 Å². The van der Waals surface area contributed by atoms with Crippen molar-refractivity contribution in [1.29, 1.82) is 0 Å². The van der Waals surface area contributed by atoms with Gasteiger partial charge in [0, 0.05) is 10.6 Å². The van der Waals surface area contributed by atoms with Crippen LogP contribution in [0.15, 0.2) is 54.6 Å². The molecule has 0 saturated heterocycles. The van der Waals surface area contributed by atoms with E-state index in [1.165, 1.54) is 9.58 Å². The second-order valence-electron chi connectivity index (χ2n) is 8.51. The fourth-order valence-corrected chi connectivity index (χ4v) is 3.83. The summed E-state index contributed by atoms with van der Waals surface area (Å²) >= 11 is 6.06. The van der Waals surface area contributed by atoms with Crippen LogP contribution in [0.3, 0.4) is 0 Å². The molecule has 0 bridgehead atoms. The Morgan fingerprint density at radius 3 is 2.45 bits per heavy atom. The van der Waals surface area contributed by atoms with Crippen molar-refractivity contribution in [3.05, 3.63) is 76.6 Å². The van der Waals surface area contributed by atoms with Crippen LogP contribution in [0.25, 0.3) is 0 Å². The first-order chi connectivity index (χ1) is 14.7. The Bertz CT molecular complexity index is 1090. The summed E-state index contributed by atoms with van der Waals surface area (Å²) in [5.41, 5.74) is 0.935. The van der Waals surface area contributed by atoms with E-state index in [-0.39, 0.29) is 18.4 Å². The number of benzene rings is 2. The Kier molecular flexibility index (Phi) is 5.49. The predicted octanol–water partition coefficient (Wildman–Crippen LogP) is 2.91. The van der Waals surface area contributed by atoms with Crippen LogP contribution in [0, 0.1) is 0 Å². The van der Waals surface area contributed by atoms with Crippen molar-refractivity contribution < 1.29 is 9.59 Å². The van der Waals surface area contributed by atoms with E-state index in [0.717, 1.165) is 5.56 Å². The first-order valence-corrected chi connectivity index (χ1v) is 10.3. The summed E-state index contributed by atoms with van der Waals surface area (Å²) in [7, 11) is 0. The fraction of sp³-hybridized carbons (Fsp3) is 0.318. The lowest BCUT2D eigenvalue weighted by atomic mass is 9.98. The largest absolute Gasteiger partial charge is 0.349 e. The summed E-state index contributed by atoms with van der Waals surface area (Å²) in [5.74, 6) is -0.0260. The van der Waals surface area contributed by atoms with Crippen LogP contribution in [0.2, 0.25) is 5.02 Å². The van der Waals surface area contributed by atoms with Gasteiger partial charge in [-0.15, -0.1) is 5.10 Å². The zero-order valence-electron chi connectivity index (χ0n) is 17.5. The zero-order valence-corrected chi connectivity index (χ0v) is 18.2. The summed E-state index contributed by atoms with van der Waals surface area (Å²) in [6.07, 6.45) is 0. The number of rotatable bonds is 4. The lowest BCUT2D eigenvalue weighted by Crippen LogP contribution is -2.52. The minimum absolute atomic E-state index is 0.111. The Balaban J connectivity index is 1.80. The average molecular weight is 439 g/mol. The second-order valence-corrected chi connectivity index (χ2v) is 8.95. The highest BCUT2D eigenvalue weighted by molar-refractivity contribution is 6.30. The van der Waals surface area contributed by atoms with Gasteiger partial charge in [0.25, 0.3) is 5.91 Å². The third-order valence-corrected chi connectivity index (χ3v) is 5.25. The number of fused-ring (bicyclic) bond motifs is 1. The van der Waals surface area contributed by atoms with E-state index in [2.05, 4.69) is 20.8 Å². The molecule has 2 aromatic carbocycles. The van der Waals surface area contributed by atoms with Gasteiger partial charge in [0.05, 0.1) is 6.54 Å². The van der Waals surface area contributed by atoms with Crippen LogP contribution in [-0.2, 0) is 16.1 Å². The second kappa shape index (κ2) is 8.11. The minimum Gasteiger partial charge on any atom is -0.349 e. The molecule has 1 aliphatic rings. The molecular weight excluding hydrogens is 416 g/mol. The fourth-order valence-electron chi connectivity index (χ4n) is 3.70. The predicted molar refractivity (Wildman–Crippen MR) is 115 cm³/mol. The highest BCUT2D eigenvalue weighted by Crippen LogP contribution is 2.33. The van der Waals surface area contributed by atoms with Crippen molar-refractivity contribution in [3.8, 4) is 0 Å². The highest BCUT2D eigenvalue weighted by Gasteiger charge is 2.42. The van der Waals surface area contributed by atoms with Crippen LogP contribution < -0.4 is 5.32 Å². The van der Waals surface area contributed by atoms with Crippen LogP contribution in [-0.4, -0.2) is 42.5 Å². The maximum atomic E-state index is 13.7.